The molecule has 0 aliphatic heterocycles. The summed E-state index contributed by atoms with van der Waals surface area (Å²) in [5.41, 5.74) is 2.93. The van der Waals surface area contributed by atoms with Gasteiger partial charge in [-0.25, -0.2) is 14.2 Å². The van der Waals surface area contributed by atoms with Crippen LogP contribution >= 0.6 is 0 Å². The third kappa shape index (κ3) is 4.20. The molecule has 0 aliphatic carbocycles. The van der Waals surface area contributed by atoms with Crippen molar-refractivity contribution in [2.24, 2.45) is 0 Å². The summed E-state index contributed by atoms with van der Waals surface area (Å²) in [4.78, 5) is 55.3. The second kappa shape index (κ2) is 7.70. The molecule has 1 aromatic carbocycles. The first-order valence-corrected chi connectivity index (χ1v) is 7.98. The largest absolute Gasteiger partial charge is 0.481 e. The Kier molecular flexibility index (Phi) is 5.16. The summed E-state index contributed by atoms with van der Waals surface area (Å²) in [6.45, 7) is 1.44. The molecule has 0 fully saturated rings. The van der Waals surface area contributed by atoms with Gasteiger partial charge in [0, 0.05) is 6.20 Å². The number of hydrazine groups is 1. The molecule has 0 bridgehead atoms. The number of nitrogens with one attached hydrogen (secondary N) is 4. The molecule has 0 saturated carbocycles. The van der Waals surface area contributed by atoms with E-state index < -0.39 is 35.0 Å². The Morgan fingerprint density at radius 1 is 1.14 bits per heavy atom. The number of nitrogens with zero attached hydrogens (tertiary/aromatic N) is 1. The Morgan fingerprint density at radius 2 is 1.86 bits per heavy atom. The van der Waals surface area contributed by atoms with Crippen LogP contribution in [0.25, 0.3) is 11.0 Å². The highest BCUT2D eigenvalue weighted by Gasteiger charge is 2.16. The van der Waals surface area contributed by atoms with Gasteiger partial charge in [-0.3, -0.25) is 35.2 Å². The Morgan fingerprint density at radius 3 is 2.57 bits per heavy atom. The Bertz CT molecular complexity index is 1160. The lowest BCUT2D eigenvalue weighted by Gasteiger charge is -2.15. The summed E-state index contributed by atoms with van der Waals surface area (Å²) in [5, 5.41) is 0.00610. The Hall–Kier alpha value is -4.02. The fourth-order valence-corrected chi connectivity index (χ4v) is 2.23. The zero-order valence-corrected chi connectivity index (χ0v) is 14.4. The van der Waals surface area contributed by atoms with Gasteiger partial charge >= 0.3 is 5.69 Å². The number of aromatic amines is 2. The van der Waals surface area contributed by atoms with Gasteiger partial charge in [0.1, 0.15) is 17.2 Å². The Labute approximate surface area is 155 Å². The van der Waals surface area contributed by atoms with Gasteiger partial charge in [-0.1, -0.05) is 0 Å². The molecule has 28 heavy (non-hydrogen) atoms. The van der Waals surface area contributed by atoms with Crippen molar-refractivity contribution in [3.63, 3.8) is 0 Å². The van der Waals surface area contributed by atoms with Gasteiger partial charge in [0.05, 0.1) is 10.9 Å². The quantitative estimate of drug-likeness (QED) is 0.463. The zero-order valence-electron chi connectivity index (χ0n) is 14.4. The predicted molar refractivity (Wildman–Crippen MR) is 95.1 cm³/mol. The minimum Gasteiger partial charge on any atom is -0.481 e. The van der Waals surface area contributed by atoms with Crippen molar-refractivity contribution in [2.75, 3.05) is 0 Å². The SMILES string of the molecule is CC(Oc1ccc(F)cc1)C(=O)NNC(=O)c1cnc2[nH]c(=O)[nH]c(=O)c2c1. The molecule has 2 amide bonds. The number of rotatable bonds is 4. The first-order chi connectivity index (χ1) is 13.3. The van der Waals surface area contributed by atoms with E-state index in [0.29, 0.717) is 0 Å². The van der Waals surface area contributed by atoms with Crippen LogP contribution in [0.5, 0.6) is 5.75 Å². The number of benzene rings is 1. The normalized spacial score (nSPS) is 11.6. The number of hydrogen-bond donors (Lipinski definition) is 4. The molecule has 0 saturated heterocycles. The van der Waals surface area contributed by atoms with Crippen molar-refractivity contribution in [2.45, 2.75) is 13.0 Å². The predicted octanol–water partition coefficient (Wildman–Crippen LogP) is -0.0210. The third-order valence-electron chi connectivity index (χ3n) is 3.65. The fraction of sp³-hybridized carbons (Fsp3) is 0.118. The van der Waals surface area contributed by atoms with Gasteiger partial charge in [0.15, 0.2) is 6.10 Å². The van der Waals surface area contributed by atoms with Crippen LogP contribution in [0.4, 0.5) is 4.39 Å². The lowest BCUT2D eigenvalue weighted by molar-refractivity contribution is -0.128. The number of hydrogen-bond acceptors (Lipinski definition) is 6. The van der Waals surface area contributed by atoms with E-state index in [9.17, 15) is 23.6 Å². The third-order valence-corrected chi connectivity index (χ3v) is 3.65. The number of H-pyrrole nitrogens is 2. The molecule has 0 spiro atoms. The van der Waals surface area contributed by atoms with E-state index >= 15 is 0 Å². The second-order valence-electron chi connectivity index (χ2n) is 5.69. The van der Waals surface area contributed by atoms with E-state index in [1.807, 2.05) is 4.98 Å². The lowest BCUT2D eigenvalue weighted by Crippen LogP contribution is -2.47. The highest BCUT2D eigenvalue weighted by atomic mass is 19.1. The number of carbonyl (C=O) groups excluding carboxylic acids is 2. The van der Waals surface area contributed by atoms with Gasteiger partial charge in [0.2, 0.25) is 0 Å². The highest BCUT2D eigenvalue weighted by Crippen LogP contribution is 2.13. The van der Waals surface area contributed by atoms with Crippen LogP contribution in [0.1, 0.15) is 17.3 Å². The van der Waals surface area contributed by atoms with Crippen molar-refractivity contribution in [3.05, 3.63) is 68.7 Å². The maximum Gasteiger partial charge on any atom is 0.327 e. The van der Waals surface area contributed by atoms with Crippen molar-refractivity contribution < 1.29 is 18.7 Å². The summed E-state index contributed by atoms with van der Waals surface area (Å²) in [7, 11) is 0. The van der Waals surface area contributed by atoms with Crippen LogP contribution < -0.4 is 26.8 Å². The number of amides is 2. The standard InChI is InChI=1S/C17H14FN5O5/c1-8(28-11-4-2-10(18)3-5-11)14(24)22-23-15(25)9-6-12-13(19-7-9)20-17(27)21-16(12)26/h2-8H,1H3,(H,22,24)(H,23,25)(H2,19,20,21,26,27). The fourth-order valence-electron chi connectivity index (χ4n) is 2.23. The van der Waals surface area contributed by atoms with Gasteiger partial charge in [-0.05, 0) is 37.3 Å². The van der Waals surface area contributed by atoms with Gasteiger partial charge in [-0.2, -0.15) is 0 Å². The molecule has 11 heteroatoms. The second-order valence-corrected chi connectivity index (χ2v) is 5.69. The number of pyridine rings is 1. The molecule has 0 aliphatic rings. The van der Waals surface area contributed by atoms with E-state index in [1.54, 1.807) is 0 Å². The summed E-state index contributed by atoms with van der Waals surface area (Å²) in [6.07, 6.45) is 0.158. The van der Waals surface area contributed by atoms with Crippen molar-refractivity contribution >= 4 is 22.8 Å². The molecule has 3 aromatic rings. The molecule has 2 aromatic heterocycles. The summed E-state index contributed by atoms with van der Waals surface area (Å²) < 4.78 is 18.2. The van der Waals surface area contributed by atoms with E-state index in [2.05, 4.69) is 20.8 Å². The molecule has 3 rings (SSSR count). The number of ether oxygens (including phenoxy) is 1. The van der Waals surface area contributed by atoms with Gasteiger partial charge in [0.25, 0.3) is 17.4 Å². The molecule has 4 N–H and O–H groups in total. The van der Waals surface area contributed by atoms with Crippen LogP contribution in [0.3, 0.4) is 0 Å². The monoisotopic (exact) mass is 387 g/mol. The topological polar surface area (TPSA) is 146 Å². The van der Waals surface area contributed by atoms with E-state index in [1.165, 1.54) is 37.3 Å². The molecule has 0 radical (unpaired) electrons. The molecular formula is C17H14FN5O5. The average molecular weight is 387 g/mol. The van der Waals surface area contributed by atoms with E-state index in [4.69, 9.17) is 4.74 Å². The number of fused-ring (bicyclic) bond motifs is 1. The first-order valence-electron chi connectivity index (χ1n) is 7.98. The van der Waals surface area contributed by atoms with Crippen LogP contribution in [-0.4, -0.2) is 32.9 Å². The average Bonchev–Trinajstić information content (AvgIpc) is 2.67. The van der Waals surface area contributed by atoms with Crippen molar-refractivity contribution in [1.82, 2.24) is 25.8 Å². The Balaban J connectivity index is 1.63. The molecule has 1 unspecified atom stereocenters. The maximum absolute atomic E-state index is 12.9. The molecule has 144 valence electrons. The van der Waals surface area contributed by atoms with Crippen molar-refractivity contribution in [3.8, 4) is 5.75 Å². The molecule has 10 nitrogen and oxygen atoms in total. The zero-order chi connectivity index (χ0) is 20.3. The van der Waals surface area contributed by atoms with Crippen LogP contribution in [0, 0.1) is 5.82 Å². The van der Waals surface area contributed by atoms with Crippen LogP contribution in [0.15, 0.2) is 46.1 Å². The van der Waals surface area contributed by atoms with E-state index in [-0.39, 0.29) is 22.3 Å². The van der Waals surface area contributed by atoms with Crippen molar-refractivity contribution in [1.29, 1.82) is 0 Å². The van der Waals surface area contributed by atoms with Gasteiger partial charge < -0.3 is 4.74 Å². The van der Waals surface area contributed by atoms with Crippen LogP contribution in [0.2, 0.25) is 0 Å². The summed E-state index contributed by atoms with van der Waals surface area (Å²) in [6, 6.07) is 6.31. The first kappa shape index (κ1) is 18.8. The number of halogens is 1. The molecular weight excluding hydrogens is 373 g/mol. The molecule has 1 atom stereocenters. The van der Waals surface area contributed by atoms with Gasteiger partial charge in [-0.15, -0.1) is 0 Å². The minimum atomic E-state index is -0.978. The summed E-state index contributed by atoms with van der Waals surface area (Å²) >= 11 is 0. The minimum absolute atomic E-state index is 0.00610. The number of carbonyl (C=O) groups is 2. The summed E-state index contributed by atoms with van der Waals surface area (Å²) in [5.74, 6) is -1.55. The van der Waals surface area contributed by atoms with Crippen LogP contribution in [-0.2, 0) is 4.79 Å². The highest BCUT2D eigenvalue weighted by molar-refractivity contribution is 5.97. The lowest BCUT2D eigenvalue weighted by atomic mass is 10.2. The smallest absolute Gasteiger partial charge is 0.327 e. The maximum atomic E-state index is 12.9. The molecule has 2 heterocycles. The van der Waals surface area contributed by atoms with E-state index in [0.717, 1.165) is 6.20 Å². The number of aromatic nitrogens is 3.